The number of aromatic nitrogens is 3. The number of aryl methyl sites for hydroxylation is 1. The Morgan fingerprint density at radius 3 is 2.67 bits per heavy atom. The minimum Gasteiger partial charge on any atom is -0.433 e. The monoisotopic (exact) mass is 434 g/mol. The lowest BCUT2D eigenvalue weighted by Gasteiger charge is -2.09. The molecule has 0 spiro atoms. The van der Waals surface area contributed by atoms with Crippen molar-refractivity contribution in [2.75, 3.05) is 0 Å². The van der Waals surface area contributed by atoms with Crippen molar-refractivity contribution >= 4 is 17.5 Å². The molecule has 0 aliphatic carbocycles. The minimum absolute atomic E-state index is 0.106. The van der Waals surface area contributed by atoms with Gasteiger partial charge in [0.05, 0.1) is 22.6 Å². The molecule has 0 unspecified atom stereocenters. The number of aromatic amines is 1. The summed E-state index contributed by atoms with van der Waals surface area (Å²) >= 11 is 6.30. The molecule has 156 valence electrons. The third kappa shape index (κ3) is 5.60. The molecule has 3 N–H and O–H groups in total. The number of nitrogens with zero attached hydrogens (tertiary/aromatic N) is 2. The molecular formula is C20H17ClF2N4O3. The molecule has 0 radical (unpaired) electrons. The summed E-state index contributed by atoms with van der Waals surface area (Å²) in [5.74, 6) is -0.250. The number of nitrogens with two attached hydrogens (primary N) is 1. The SMILES string of the molecule is NC(=O)CCCc1ccc(Cl)c(-c2nc(-c3ccc(OC(F)F)cn3)cc(=O)[nH]2)c1. The van der Waals surface area contributed by atoms with Gasteiger partial charge in [-0.2, -0.15) is 8.78 Å². The van der Waals surface area contributed by atoms with Crippen LogP contribution in [0, 0.1) is 0 Å². The largest absolute Gasteiger partial charge is 0.433 e. The number of alkyl halides is 2. The summed E-state index contributed by atoms with van der Waals surface area (Å²) in [5, 5.41) is 0.377. The molecule has 2 heterocycles. The molecule has 1 aromatic carbocycles. The highest BCUT2D eigenvalue weighted by molar-refractivity contribution is 6.33. The second-order valence-electron chi connectivity index (χ2n) is 6.37. The van der Waals surface area contributed by atoms with Gasteiger partial charge in [-0.25, -0.2) is 4.98 Å². The molecular weight excluding hydrogens is 418 g/mol. The quantitative estimate of drug-likeness (QED) is 0.563. The van der Waals surface area contributed by atoms with E-state index in [1.54, 1.807) is 12.1 Å². The maximum absolute atomic E-state index is 12.3. The number of amides is 1. The van der Waals surface area contributed by atoms with Crippen molar-refractivity contribution in [2.45, 2.75) is 25.9 Å². The molecule has 30 heavy (non-hydrogen) atoms. The first kappa shape index (κ1) is 21.4. The number of rotatable bonds is 8. The number of H-pyrrole nitrogens is 1. The van der Waals surface area contributed by atoms with Crippen LogP contribution in [0.4, 0.5) is 8.78 Å². The van der Waals surface area contributed by atoms with Crippen molar-refractivity contribution in [1.29, 1.82) is 0 Å². The van der Waals surface area contributed by atoms with Crippen LogP contribution in [0.5, 0.6) is 5.75 Å². The summed E-state index contributed by atoms with van der Waals surface area (Å²) in [4.78, 5) is 34.2. The maximum atomic E-state index is 12.3. The molecule has 3 rings (SSSR count). The molecule has 0 saturated carbocycles. The van der Waals surface area contributed by atoms with E-state index in [2.05, 4.69) is 19.7 Å². The highest BCUT2D eigenvalue weighted by Crippen LogP contribution is 2.28. The number of pyridine rings is 1. The van der Waals surface area contributed by atoms with Crippen LogP contribution >= 0.6 is 11.6 Å². The van der Waals surface area contributed by atoms with Crippen LogP contribution in [0.15, 0.2) is 47.4 Å². The van der Waals surface area contributed by atoms with Crippen molar-refractivity contribution < 1.29 is 18.3 Å². The fourth-order valence-corrected chi connectivity index (χ4v) is 3.00. The molecule has 0 atom stereocenters. The van der Waals surface area contributed by atoms with Crippen LogP contribution in [-0.4, -0.2) is 27.5 Å². The number of nitrogens with one attached hydrogen (secondary N) is 1. The van der Waals surface area contributed by atoms with Crippen LogP contribution in [0.1, 0.15) is 18.4 Å². The van der Waals surface area contributed by atoms with Gasteiger partial charge in [-0.05, 0) is 42.7 Å². The van der Waals surface area contributed by atoms with Gasteiger partial charge in [-0.3, -0.25) is 14.6 Å². The number of hydrogen-bond donors (Lipinski definition) is 2. The highest BCUT2D eigenvalue weighted by Gasteiger charge is 2.12. The van der Waals surface area contributed by atoms with Gasteiger partial charge in [0.15, 0.2) is 0 Å². The third-order valence-electron chi connectivity index (χ3n) is 4.14. The van der Waals surface area contributed by atoms with Crippen LogP contribution < -0.4 is 16.0 Å². The van der Waals surface area contributed by atoms with Crippen LogP contribution in [-0.2, 0) is 11.2 Å². The fraction of sp³-hybridized carbons (Fsp3) is 0.200. The van der Waals surface area contributed by atoms with Gasteiger partial charge >= 0.3 is 6.61 Å². The zero-order valence-electron chi connectivity index (χ0n) is 15.6. The number of carbonyl (C=O) groups is 1. The summed E-state index contributed by atoms with van der Waals surface area (Å²) in [6, 6.07) is 9.24. The minimum atomic E-state index is -2.96. The van der Waals surface area contributed by atoms with E-state index in [4.69, 9.17) is 17.3 Å². The van der Waals surface area contributed by atoms with Gasteiger partial charge in [0.25, 0.3) is 5.56 Å². The van der Waals surface area contributed by atoms with Gasteiger partial charge in [0.1, 0.15) is 11.6 Å². The van der Waals surface area contributed by atoms with E-state index in [0.717, 1.165) is 11.8 Å². The third-order valence-corrected chi connectivity index (χ3v) is 4.47. The molecule has 2 aromatic heterocycles. The van der Waals surface area contributed by atoms with Gasteiger partial charge < -0.3 is 15.5 Å². The van der Waals surface area contributed by atoms with E-state index in [1.165, 1.54) is 18.2 Å². The van der Waals surface area contributed by atoms with Gasteiger partial charge in [0, 0.05) is 18.1 Å². The molecule has 0 aliphatic heterocycles. The Morgan fingerprint density at radius 1 is 1.20 bits per heavy atom. The van der Waals surface area contributed by atoms with Crippen LogP contribution in [0.2, 0.25) is 5.02 Å². The lowest BCUT2D eigenvalue weighted by Crippen LogP contribution is -2.10. The Kier molecular flexibility index (Phi) is 6.73. The molecule has 0 saturated heterocycles. The van der Waals surface area contributed by atoms with Crippen molar-refractivity contribution in [3.05, 3.63) is 63.5 Å². The summed E-state index contributed by atoms with van der Waals surface area (Å²) in [7, 11) is 0. The normalized spacial score (nSPS) is 10.9. The predicted molar refractivity (Wildman–Crippen MR) is 107 cm³/mol. The number of halogens is 3. The second-order valence-corrected chi connectivity index (χ2v) is 6.78. The van der Waals surface area contributed by atoms with E-state index >= 15 is 0 Å². The van der Waals surface area contributed by atoms with E-state index in [9.17, 15) is 18.4 Å². The first-order chi connectivity index (χ1) is 14.3. The number of hydrogen-bond acceptors (Lipinski definition) is 5. The Labute approximate surface area is 174 Å². The van der Waals surface area contributed by atoms with Gasteiger partial charge in [-0.1, -0.05) is 17.7 Å². The van der Waals surface area contributed by atoms with E-state index in [1.807, 2.05) is 6.07 Å². The lowest BCUT2D eigenvalue weighted by atomic mass is 10.0. The Bertz CT molecular complexity index is 1100. The van der Waals surface area contributed by atoms with Crippen LogP contribution in [0.25, 0.3) is 22.8 Å². The fourth-order valence-electron chi connectivity index (χ4n) is 2.80. The average molecular weight is 435 g/mol. The zero-order valence-corrected chi connectivity index (χ0v) is 16.3. The van der Waals surface area contributed by atoms with E-state index < -0.39 is 12.2 Å². The number of primary amides is 1. The van der Waals surface area contributed by atoms with Crippen molar-refractivity contribution in [3.8, 4) is 28.5 Å². The predicted octanol–water partition coefficient (Wildman–Crippen LogP) is 3.56. The molecule has 0 aliphatic rings. The number of ether oxygens (including phenoxy) is 1. The first-order valence-electron chi connectivity index (χ1n) is 8.91. The van der Waals surface area contributed by atoms with Crippen LogP contribution in [0.3, 0.4) is 0 Å². The van der Waals surface area contributed by atoms with E-state index in [-0.39, 0.29) is 29.6 Å². The average Bonchev–Trinajstić information content (AvgIpc) is 2.68. The molecule has 1 amide bonds. The zero-order chi connectivity index (χ0) is 21.7. The smallest absolute Gasteiger partial charge is 0.387 e. The van der Waals surface area contributed by atoms with Crippen molar-refractivity contribution in [2.24, 2.45) is 5.73 Å². The summed E-state index contributed by atoms with van der Waals surface area (Å²) in [6.07, 6.45) is 2.57. The van der Waals surface area contributed by atoms with Crippen molar-refractivity contribution in [1.82, 2.24) is 15.0 Å². The van der Waals surface area contributed by atoms with E-state index in [0.29, 0.717) is 29.1 Å². The second kappa shape index (κ2) is 9.45. The van der Waals surface area contributed by atoms with Gasteiger partial charge in [0.2, 0.25) is 5.91 Å². The van der Waals surface area contributed by atoms with Crippen molar-refractivity contribution in [3.63, 3.8) is 0 Å². The molecule has 0 bridgehead atoms. The summed E-state index contributed by atoms with van der Waals surface area (Å²) < 4.78 is 28.8. The summed E-state index contributed by atoms with van der Waals surface area (Å²) in [5.41, 5.74) is 6.68. The first-order valence-corrected chi connectivity index (χ1v) is 9.29. The van der Waals surface area contributed by atoms with Gasteiger partial charge in [-0.15, -0.1) is 0 Å². The topological polar surface area (TPSA) is 111 Å². The standard InChI is InChI=1S/C20H17ClF2N4O3/c21-14-6-4-11(2-1-3-17(24)28)8-13(14)19-26-16(9-18(29)27-19)15-7-5-12(10-25-15)30-20(22)23/h4-10,20H,1-3H2,(H2,24,28)(H,26,27,29). The number of carbonyl (C=O) groups excluding carboxylic acids is 1. The number of benzene rings is 1. The lowest BCUT2D eigenvalue weighted by molar-refractivity contribution is -0.118. The molecule has 7 nitrogen and oxygen atoms in total. The Hall–Kier alpha value is -3.33. The molecule has 10 heteroatoms. The maximum Gasteiger partial charge on any atom is 0.387 e. The summed E-state index contributed by atoms with van der Waals surface area (Å²) in [6.45, 7) is -2.96. The molecule has 3 aromatic rings. The molecule has 0 fully saturated rings. The Balaban J connectivity index is 1.91. The Morgan fingerprint density at radius 2 is 2.00 bits per heavy atom. The highest BCUT2D eigenvalue weighted by atomic mass is 35.5.